The minimum Gasteiger partial charge on any atom is -0.353 e. The average molecular weight is 295 g/mol. The van der Waals surface area contributed by atoms with Crippen LogP contribution in [0.1, 0.15) is 44.1 Å². The van der Waals surface area contributed by atoms with Gasteiger partial charge in [-0.1, -0.05) is 43.0 Å². The van der Waals surface area contributed by atoms with Crippen molar-refractivity contribution in [2.24, 2.45) is 0 Å². The van der Waals surface area contributed by atoms with Gasteiger partial charge in [0.25, 0.3) is 0 Å². The van der Waals surface area contributed by atoms with E-state index in [1.165, 1.54) is 24.8 Å². The number of rotatable bonds is 6. The maximum atomic E-state index is 11.8. The van der Waals surface area contributed by atoms with E-state index in [0.717, 1.165) is 24.4 Å². The van der Waals surface area contributed by atoms with E-state index in [-0.39, 0.29) is 5.91 Å². The molecular formula is C16H23ClN2O. The highest BCUT2D eigenvalue weighted by molar-refractivity contribution is 6.30. The lowest BCUT2D eigenvalue weighted by atomic mass is 9.95. The molecule has 0 bridgehead atoms. The van der Waals surface area contributed by atoms with Gasteiger partial charge < -0.3 is 10.6 Å². The molecule has 0 aliphatic heterocycles. The van der Waals surface area contributed by atoms with Crippen LogP contribution in [0.3, 0.4) is 0 Å². The summed E-state index contributed by atoms with van der Waals surface area (Å²) in [6, 6.07) is 8.17. The summed E-state index contributed by atoms with van der Waals surface area (Å²) in [5.74, 6) is 0.167. The molecule has 20 heavy (non-hydrogen) atoms. The highest BCUT2D eigenvalue weighted by Gasteiger charge is 2.14. The predicted octanol–water partition coefficient (Wildman–Crippen LogP) is 3.27. The van der Waals surface area contributed by atoms with Gasteiger partial charge in [-0.05, 0) is 30.5 Å². The first-order valence-corrected chi connectivity index (χ1v) is 7.86. The van der Waals surface area contributed by atoms with Crippen molar-refractivity contribution in [2.75, 3.05) is 6.54 Å². The van der Waals surface area contributed by atoms with E-state index in [4.69, 9.17) is 11.6 Å². The minimum atomic E-state index is 0.167. The third-order valence-corrected chi connectivity index (χ3v) is 3.99. The molecular weight excluding hydrogens is 272 g/mol. The molecule has 2 rings (SSSR count). The van der Waals surface area contributed by atoms with Crippen molar-refractivity contribution < 1.29 is 4.79 Å². The predicted molar refractivity (Wildman–Crippen MR) is 82.8 cm³/mol. The molecule has 0 radical (unpaired) electrons. The SMILES string of the molecule is O=C(CCNCc1ccc(Cl)cc1)NC1CCCCC1. The number of hydrogen-bond donors (Lipinski definition) is 2. The molecule has 4 heteroatoms. The van der Waals surface area contributed by atoms with Crippen molar-refractivity contribution in [3.8, 4) is 0 Å². The molecule has 0 saturated heterocycles. The molecule has 1 aromatic rings. The first-order chi connectivity index (χ1) is 9.74. The van der Waals surface area contributed by atoms with E-state index in [1.54, 1.807) is 0 Å². The Morgan fingerprint density at radius 2 is 1.85 bits per heavy atom. The van der Waals surface area contributed by atoms with Crippen LogP contribution in [-0.4, -0.2) is 18.5 Å². The lowest BCUT2D eigenvalue weighted by molar-refractivity contribution is -0.121. The highest BCUT2D eigenvalue weighted by Crippen LogP contribution is 2.17. The van der Waals surface area contributed by atoms with Gasteiger partial charge in [-0.2, -0.15) is 0 Å². The van der Waals surface area contributed by atoms with Gasteiger partial charge >= 0.3 is 0 Å². The summed E-state index contributed by atoms with van der Waals surface area (Å²) < 4.78 is 0. The molecule has 0 aromatic heterocycles. The fourth-order valence-corrected chi connectivity index (χ4v) is 2.71. The summed E-state index contributed by atoms with van der Waals surface area (Å²) in [6.45, 7) is 1.48. The monoisotopic (exact) mass is 294 g/mol. The zero-order valence-electron chi connectivity index (χ0n) is 11.8. The Hall–Kier alpha value is -1.06. The van der Waals surface area contributed by atoms with Crippen LogP contribution in [0.2, 0.25) is 5.02 Å². The van der Waals surface area contributed by atoms with Crippen LogP contribution in [0, 0.1) is 0 Å². The Morgan fingerprint density at radius 1 is 1.15 bits per heavy atom. The smallest absolute Gasteiger partial charge is 0.221 e. The molecule has 1 fully saturated rings. The second-order valence-corrected chi connectivity index (χ2v) is 5.89. The number of benzene rings is 1. The van der Waals surface area contributed by atoms with Gasteiger partial charge in [0.1, 0.15) is 0 Å². The zero-order chi connectivity index (χ0) is 14.2. The fourth-order valence-electron chi connectivity index (χ4n) is 2.58. The molecule has 0 heterocycles. The molecule has 1 aliphatic rings. The molecule has 0 atom stereocenters. The van der Waals surface area contributed by atoms with Gasteiger partial charge in [0.2, 0.25) is 5.91 Å². The largest absolute Gasteiger partial charge is 0.353 e. The van der Waals surface area contributed by atoms with Gasteiger partial charge in [0, 0.05) is 30.6 Å². The van der Waals surface area contributed by atoms with Gasteiger partial charge in [-0.15, -0.1) is 0 Å². The highest BCUT2D eigenvalue weighted by atomic mass is 35.5. The fraction of sp³-hybridized carbons (Fsp3) is 0.562. The van der Waals surface area contributed by atoms with Gasteiger partial charge in [0.05, 0.1) is 0 Å². The second-order valence-electron chi connectivity index (χ2n) is 5.46. The van der Waals surface area contributed by atoms with Crippen molar-refractivity contribution in [1.82, 2.24) is 10.6 Å². The lowest BCUT2D eigenvalue weighted by Crippen LogP contribution is -2.37. The standard InChI is InChI=1S/C16H23ClN2O/c17-14-8-6-13(7-9-14)12-18-11-10-16(20)19-15-4-2-1-3-5-15/h6-9,15,18H,1-5,10-12H2,(H,19,20). The molecule has 1 aliphatic carbocycles. The van der Waals surface area contributed by atoms with Crippen LogP contribution in [0.4, 0.5) is 0 Å². The van der Waals surface area contributed by atoms with Crippen molar-refractivity contribution in [3.63, 3.8) is 0 Å². The van der Waals surface area contributed by atoms with E-state index in [9.17, 15) is 4.79 Å². The van der Waals surface area contributed by atoms with Crippen LogP contribution in [0.25, 0.3) is 0 Å². The van der Waals surface area contributed by atoms with Crippen LogP contribution in [0.15, 0.2) is 24.3 Å². The van der Waals surface area contributed by atoms with Crippen molar-refractivity contribution in [1.29, 1.82) is 0 Å². The molecule has 1 saturated carbocycles. The van der Waals surface area contributed by atoms with Gasteiger partial charge in [0.15, 0.2) is 0 Å². The topological polar surface area (TPSA) is 41.1 Å². The zero-order valence-corrected chi connectivity index (χ0v) is 12.6. The lowest BCUT2D eigenvalue weighted by Gasteiger charge is -2.22. The summed E-state index contributed by atoms with van der Waals surface area (Å²) in [4.78, 5) is 11.8. The molecule has 1 amide bonds. The first kappa shape index (κ1) is 15.3. The Balaban J connectivity index is 1.58. The summed E-state index contributed by atoms with van der Waals surface area (Å²) in [6.07, 6.45) is 6.65. The minimum absolute atomic E-state index is 0.167. The molecule has 3 nitrogen and oxygen atoms in total. The Morgan fingerprint density at radius 3 is 2.55 bits per heavy atom. The number of hydrogen-bond acceptors (Lipinski definition) is 2. The summed E-state index contributed by atoms with van der Waals surface area (Å²) in [5.41, 5.74) is 1.18. The van der Waals surface area contributed by atoms with Crippen molar-refractivity contribution in [3.05, 3.63) is 34.9 Å². The van der Waals surface area contributed by atoms with E-state index >= 15 is 0 Å². The molecule has 110 valence electrons. The molecule has 1 aromatic carbocycles. The maximum absolute atomic E-state index is 11.8. The normalized spacial score (nSPS) is 16.1. The van der Waals surface area contributed by atoms with Crippen LogP contribution < -0.4 is 10.6 Å². The first-order valence-electron chi connectivity index (χ1n) is 7.48. The third-order valence-electron chi connectivity index (χ3n) is 3.74. The summed E-state index contributed by atoms with van der Waals surface area (Å²) in [5, 5.41) is 7.16. The Bertz CT molecular complexity index is 413. The van der Waals surface area contributed by atoms with Crippen LogP contribution in [0.5, 0.6) is 0 Å². The van der Waals surface area contributed by atoms with Crippen LogP contribution >= 0.6 is 11.6 Å². The molecule has 0 spiro atoms. The summed E-state index contributed by atoms with van der Waals surface area (Å²) >= 11 is 5.83. The van der Waals surface area contributed by atoms with E-state index in [2.05, 4.69) is 10.6 Å². The van der Waals surface area contributed by atoms with E-state index < -0.39 is 0 Å². The van der Waals surface area contributed by atoms with Gasteiger partial charge in [-0.3, -0.25) is 4.79 Å². The third kappa shape index (κ3) is 5.51. The second kappa shape index (κ2) is 8.28. The number of amides is 1. The maximum Gasteiger partial charge on any atom is 0.221 e. The quantitative estimate of drug-likeness (QED) is 0.791. The number of carbonyl (C=O) groups excluding carboxylic acids is 1. The van der Waals surface area contributed by atoms with Crippen LogP contribution in [-0.2, 0) is 11.3 Å². The number of halogens is 1. The van der Waals surface area contributed by atoms with E-state index in [1.807, 2.05) is 24.3 Å². The summed E-state index contributed by atoms with van der Waals surface area (Å²) in [7, 11) is 0. The molecule has 0 unspecified atom stereocenters. The Labute approximate surface area is 126 Å². The Kier molecular flexibility index (Phi) is 6.34. The molecule has 2 N–H and O–H groups in total. The van der Waals surface area contributed by atoms with E-state index in [0.29, 0.717) is 19.0 Å². The van der Waals surface area contributed by atoms with Crippen molar-refractivity contribution >= 4 is 17.5 Å². The van der Waals surface area contributed by atoms with Crippen molar-refractivity contribution in [2.45, 2.75) is 51.1 Å². The van der Waals surface area contributed by atoms with Gasteiger partial charge in [-0.25, -0.2) is 0 Å². The number of carbonyl (C=O) groups is 1. The average Bonchev–Trinajstić information content (AvgIpc) is 2.46. The number of nitrogens with one attached hydrogen (secondary N) is 2.